The van der Waals surface area contributed by atoms with Crippen molar-refractivity contribution < 1.29 is 19.8 Å². The van der Waals surface area contributed by atoms with Gasteiger partial charge < -0.3 is 10.2 Å². The molecule has 0 radical (unpaired) electrons. The fourth-order valence-electron chi connectivity index (χ4n) is 1.74. The molecular formula is C13H9Br2NO4S2. The monoisotopic (exact) mass is 465 g/mol. The molecule has 0 atom stereocenters. The van der Waals surface area contributed by atoms with E-state index in [2.05, 4.69) is 31.9 Å². The quantitative estimate of drug-likeness (QED) is 0.526. The number of carboxylic acids is 1. The van der Waals surface area contributed by atoms with Gasteiger partial charge in [0.25, 0.3) is 5.91 Å². The first-order valence-electron chi connectivity index (χ1n) is 5.88. The number of hydrogen-bond acceptors (Lipinski definition) is 5. The Kier molecular flexibility index (Phi) is 5.65. The van der Waals surface area contributed by atoms with E-state index in [9.17, 15) is 14.7 Å². The first kappa shape index (κ1) is 17.5. The molecule has 22 heavy (non-hydrogen) atoms. The lowest BCUT2D eigenvalue weighted by atomic mass is 10.2. The van der Waals surface area contributed by atoms with E-state index in [1.165, 1.54) is 11.8 Å². The second-order valence-corrected chi connectivity index (χ2v) is 7.51. The molecule has 1 saturated heterocycles. The lowest BCUT2D eigenvalue weighted by molar-refractivity contribution is -0.140. The third-order valence-corrected chi connectivity index (χ3v) is 5.52. The summed E-state index contributed by atoms with van der Waals surface area (Å²) in [6.07, 6.45) is 1.64. The summed E-state index contributed by atoms with van der Waals surface area (Å²) in [7, 11) is 0. The van der Waals surface area contributed by atoms with Crippen LogP contribution in [0.4, 0.5) is 0 Å². The first-order valence-corrected chi connectivity index (χ1v) is 8.86. The largest absolute Gasteiger partial charge is 0.506 e. The fourth-order valence-corrected chi connectivity index (χ4v) is 4.18. The van der Waals surface area contributed by atoms with Gasteiger partial charge >= 0.3 is 5.97 Å². The smallest absolute Gasteiger partial charge is 0.323 e. The van der Waals surface area contributed by atoms with Crippen molar-refractivity contribution in [1.29, 1.82) is 0 Å². The number of benzene rings is 1. The van der Waals surface area contributed by atoms with Crippen molar-refractivity contribution in [3.05, 3.63) is 31.5 Å². The van der Waals surface area contributed by atoms with Crippen molar-refractivity contribution in [2.24, 2.45) is 0 Å². The number of phenolic OH excluding ortho intramolecular Hbond substituents is 1. The van der Waals surface area contributed by atoms with E-state index in [0.717, 1.165) is 4.90 Å². The van der Waals surface area contributed by atoms with Gasteiger partial charge in [-0.2, -0.15) is 0 Å². The van der Waals surface area contributed by atoms with E-state index < -0.39 is 18.4 Å². The van der Waals surface area contributed by atoms with Gasteiger partial charge in [-0.05, 0) is 55.6 Å². The molecular weight excluding hydrogens is 458 g/mol. The second-order valence-electron chi connectivity index (χ2n) is 4.31. The maximum atomic E-state index is 12.3. The number of nitrogens with zero attached hydrogens (tertiary/aromatic N) is 1. The molecule has 0 aromatic heterocycles. The van der Waals surface area contributed by atoms with Crippen LogP contribution in [0.2, 0.25) is 0 Å². The maximum absolute atomic E-state index is 12.3. The summed E-state index contributed by atoms with van der Waals surface area (Å²) in [5, 5.41) is 18.5. The van der Waals surface area contributed by atoms with Gasteiger partial charge in [0.05, 0.1) is 18.8 Å². The minimum absolute atomic E-state index is 0.0680. The molecule has 1 aliphatic heterocycles. The number of thioether (sulfide) groups is 1. The highest BCUT2D eigenvalue weighted by molar-refractivity contribution is 9.11. The molecule has 5 nitrogen and oxygen atoms in total. The number of hydrogen-bond donors (Lipinski definition) is 2. The van der Waals surface area contributed by atoms with Crippen molar-refractivity contribution in [2.75, 3.05) is 12.3 Å². The molecule has 2 N–H and O–H groups in total. The molecule has 9 heteroatoms. The predicted octanol–water partition coefficient (Wildman–Crippen LogP) is 3.25. The summed E-state index contributed by atoms with van der Waals surface area (Å²) < 4.78 is 0.972. The van der Waals surface area contributed by atoms with E-state index in [4.69, 9.17) is 17.3 Å². The summed E-state index contributed by atoms with van der Waals surface area (Å²) in [5.74, 6) is -1.10. The Morgan fingerprint density at radius 1 is 1.41 bits per heavy atom. The molecule has 0 spiro atoms. The van der Waals surface area contributed by atoms with Crippen LogP contribution in [0.5, 0.6) is 5.75 Å². The number of carbonyl (C=O) groups is 2. The van der Waals surface area contributed by atoms with Gasteiger partial charge in [0.15, 0.2) is 0 Å². The molecule has 116 valence electrons. The Balaban J connectivity index is 2.33. The predicted molar refractivity (Wildman–Crippen MR) is 95.9 cm³/mol. The summed E-state index contributed by atoms with van der Waals surface area (Å²) in [5.41, 5.74) is 0.690. The van der Waals surface area contributed by atoms with Crippen LogP contribution in [0.3, 0.4) is 0 Å². The van der Waals surface area contributed by atoms with Crippen LogP contribution in [0.15, 0.2) is 26.0 Å². The molecule has 1 fully saturated rings. The zero-order valence-corrected chi connectivity index (χ0v) is 15.7. The minimum atomic E-state index is -1.11. The number of carbonyl (C=O) groups excluding carboxylic acids is 1. The van der Waals surface area contributed by atoms with Crippen LogP contribution in [-0.4, -0.2) is 44.3 Å². The molecule has 0 saturated carbocycles. The molecule has 1 aromatic rings. The number of halogens is 2. The number of amides is 1. The molecule has 1 aromatic carbocycles. The Morgan fingerprint density at radius 2 is 2.00 bits per heavy atom. The second kappa shape index (κ2) is 7.12. The average molecular weight is 467 g/mol. The van der Waals surface area contributed by atoms with Gasteiger partial charge in [-0.3, -0.25) is 14.5 Å². The van der Waals surface area contributed by atoms with Crippen molar-refractivity contribution in [2.45, 2.75) is 0 Å². The molecule has 0 unspecified atom stereocenters. The third kappa shape index (κ3) is 3.89. The Labute approximate surface area is 152 Å². The zero-order chi connectivity index (χ0) is 16.4. The highest BCUT2D eigenvalue weighted by atomic mass is 79.9. The van der Waals surface area contributed by atoms with E-state index >= 15 is 0 Å². The van der Waals surface area contributed by atoms with Crippen LogP contribution in [0, 0.1) is 0 Å². The highest BCUT2D eigenvalue weighted by Gasteiger charge is 2.29. The van der Waals surface area contributed by atoms with Crippen molar-refractivity contribution in [3.8, 4) is 5.75 Å². The summed E-state index contributed by atoms with van der Waals surface area (Å²) >= 11 is 12.8. The topological polar surface area (TPSA) is 77.8 Å². The lowest BCUT2D eigenvalue weighted by Gasteiger charge is -2.27. The number of phenols is 1. The summed E-state index contributed by atoms with van der Waals surface area (Å²) in [6.45, 7) is -0.446. The number of carboxylic acid groups (broad SMARTS) is 1. The minimum Gasteiger partial charge on any atom is -0.506 e. The van der Waals surface area contributed by atoms with Gasteiger partial charge in [0, 0.05) is 5.75 Å². The summed E-state index contributed by atoms with van der Waals surface area (Å²) in [4.78, 5) is 25.0. The van der Waals surface area contributed by atoms with Crippen LogP contribution < -0.4 is 0 Å². The van der Waals surface area contributed by atoms with Gasteiger partial charge in [-0.15, -0.1) is 11.8 Å². The Morgan fingerprint density at radius 3 is 2.55 bits per heavy atom. The van der Waals surface area contributed by atoms with Gasteiger partial charge in [0.1, 0.15) is 12.3 Å². The third-order valence-electron chi connectivity index (χ3n) is 2.74. The van der Waals surface area contributed by atoms with Crippen LogP contribution in [0.25, 0.3) is 6.08 Å². The molecule has 1 amide bonds. The van der Waals surface area contributed by atoms with Crippen molar-refractivity contribution >= 4 is 78.8 Å². The SMILES string of the molecule is O=C(O)CN1C(=O)/C(=C/c2cc(Br)c(O)c(Br)c2)SCC1=S. The normalized spacial score (nSPS) is 17.2. The average Bonchev–Trinajstić information content (AvgIpc) is 2.43. The standard InChI is InChI=1S/C13H9Br2NO4S2/c14-7-1-6(2-8(15)12(7)19)3-9-13(20)16(4-11(17)18)10(21)5-22-9/h1-3,19H,4-5H2,(H,17,18)/b9-3-. The van der Waals surface area contributed by atoms with Crippen molar-refractivity contribution in [3.63, 3.8) is 0 Å². The Bertz CT molecular complexity index is 682. The molecule has 0 aliphatic carbocycles. The lowest BCUT2D eigenvalue weighted by Crippen LogP contribution is -2.43. The van der Waals surface area contributed by atoms with E-state index in [1.807, 2.05) is 0 Å². The number of thiocarbonyl (C=S) groups is 1. The molecule has 1 heterocycles. The van der Waals surface area contributed by atoms with Crippen LogP contribution in [-0.2, 0) is 9.59 Å². The number of rotatable bonds is 3. The van der Waals surface area contributed by atoms with Gasteiger partial charge in [-0.25, -0.2) is 0 Å². The molecule has 0 bridgehead atoms. The van der Waals surface area contributed by atoms with Crippen LogP contribution >= 0.6 is 55.8 Å². The van der Waals surface area contributed by atoms with Gasteiger partial charge in [-0.1, -0.05) is 12.2 Å². The van der Waals surface area contributed by atoms with Crippen LogP contribution in [0.1, 0.15) is 5.56 Å². The maximum Gasteiger partial charge on any atom is 0.323 e. The number of aromatic hydroxyl groups is 1. The number of aliphatic carboxylic acids is 1. The Hall–Kier alpha value is -0.900. The van der Waals surface area contributed by atoms with Crippen molar-refractivity contribution in [1.82, 2.24) is 4.90 Å². The first-order chi connectivity index (χ1) is 10.3. The highest BCUT2D eigenvalue weighted by Crippen LogP contribution is 2.35. The van der Waals surface area contributed by atoms with Gasteiger partial charge in [0.2, 0.25) is 0 Å². The van der Waals surface area contributed by atoms with E-state index in [1.54, 1.807) is 18.2 Å². The zero-order valence-electron chi connectivity index (χ0n) is 10.9. The molecule has 2 rings (SSSR count). The van der Waals surface area contributed by atoms with E-state index in [0.29, 0.717) is 30.2 Å². The fraction of sp³-hybridized carbons (Fsp3) is 0.154. The summed E-state index contributed by atoms with van der Waals surface area (Å²) in [6, 6.07) is 3.32. The van der Waals surface area contributed by atoms with E-state index in [-0.39, 0.29) is 5.75 Å². The molecule has 1 aliphatic rings.